The third-order valence-corrected chi connectivity index (χ3v) is 9.85. The lowest BCUT2D eigenvalue weighted by atomic mass is 9.76. The normalized spacial score (nSPS) is 21.9. The van der Waals surface area contributed by atoms with E-state index >= 15 is 0 Å². The summed E-state index contributed by atoms with van der Waals surface area (Å²) in [5.41, 5.74) is 2.56. The van der Waals surface area contributed by atoms with Gasteiger partial charge in [-0.3, -0.25) is 0 Å². The van der Waals surface area contributed by atoms with Crippen molar-refractivity contribution in [3.05, 3.63) is 108 Å². The Morgan fingerprint density at radius 2 is 0.600 bits per heavy atom. The predicted molar refractivity (Wildman–Crippen MR) is 163 cm³/mol. The first-order valence-electron chi connectivity index (χ1n) is 15.9. The van der Waals surface area contributed by atoms with Gasteiger partial charge in [0.25, 0.3) is 0 Å². The molecule has 6 rings (SSSR count). The molecule has 3 nitrogen and oxygen atoms in total. The maximum Gasteiger partial charge on any atom is 0.641 e. The summed E-state index contributed by atoms with van der Waals surface area (Å²) in [6, 6.07) is 32.6. The van der Waals surface area contributed by atoms with Crippen LogP contribution in [-0.2, 0) is 30.8 Å². The van der Waals surface area contributed by atoms with Gasteiger partial charge in [0, 0.05) is 0 Å². The Labute approximate surface area is 241 Å². The van der Waals surface area contributed by atoms with E-state index in [0.717, 1.165) is 77.0 Å². The Bertz CT molecular complexity index is 1010. The van der Waals surface area contributed by atoms with Gasteiger partial charge < -0.3 is 14.0 Å². The fraction of sp³-hybridized carbons (Fsp3) is 0.500. The van der Waals surface area contributed by atoms with E-state index in [4.69, 9.17) is 14.0 Å². The van der Waals surface area contributed by atoms with Crippen molar-refractivity contribution < 1.29 is 14.0 Å². The van der Waals surface area contributed by atoms with Crippen LogP contribution in [0.5, 0.6) is 0 Å². The highest BCUT2D eigenvalue weighted by Crippen LogP contribution is 2.48. The lowest BCUT2D eigenvalue weighted by Gasteiger charge is -2.46. The monoisotopic (exact) mass is 536 g/mol. The van der Waals surface area contributed by atoms with Crippen LogP contribution in [-0.4, -0.2) is 7.32 Å². The van der Waals surface area contributed by atoms with Crippen LogP contribution in [0.15, 0.2) is 91.0 Å². The largest absolute Gasteiger partial charge is 0.641 e. The Kier molecular flexibility index (Phi) is 8.77. The summed E-state index contributed by atoms with van der Waals surface area (Å²) in [5.74, 6) is 0. The van der Waals surface area contributed by atoms with Crippen molar-refractivity contribution in [3.63, 3.8) is 0 Å². The zero-order chi connectivity index (χ0) is 27.1. The van der Waals surface area contributed by atoms with E-state index in [1.54, 1.807) is 0 Å². The van der Waals surface area contributed by atoms with Gasteiger partial charge in [-0.05, 0) is 55.2 Å². The van der Waals surface area contributed by atoms with E-state index < -0.39 is 24.1 Å². The van der Waals surface area contributed by atoms with Gasteiger partial charge >= 0.3 is 7.32 Å². The Hall–Kier alpha value is -2.40. The standard InChI is InChI=1S/C36H45BO3/c1-7-19-31(20-8-1)34(25-13-4-14-26-34)38-37(39-35(27-15-5-16-28-35)32-21-9-2-10-22-32)40-36(29-17-6-18-30-36)33-23-11-3-12-24-33/h1-3,7-12,19-24H,4-6,13-18,25-30H2. The van der Waals surface area contributed by atoms with Crippen LogP contribution in [0.2, 0.25) is 0 Å². The van der Waals surface area contributed by atoms with Gasteiger partial charge in [0.15, 0.2) is 0 Å². The van der Waals surface area contributed by atoms with Gasteiger partial charge in [0.05, 0.1) is 16.8 Å². The minimum absolute atomic E-state index is 0.400. The van der Waals surface area contributed by atoms with Crippen LogP contribution in [0.4, 0.5) is 0 Å². The van der Waals surface area contributed by atoms with E-state index in [1.807, 2.05) is 0 Å². The summed E-state index contributed by atoms with van der Waals surface area (Å²) < 4.78 is 22.0. The zero-order valence-corrected chi connectivity index (χ0v) is 24.1. The first-order chi connectivity index (χ1) is 19.7. The van der Waals surface area contributed by atoms with E-state index in [-0.39, 0.29) is 0 Å². The molecular formula is C36H45BO3. The van der Waals surface area contributed by atoms with Crippen molar-refractivity contribution in [2.24, 2.45) is 0 Å². The molecule has 210 valence electrons. The van der Waals surface area contributed by atoms with Crippen LogP contribution in [0.25, 0.3) is 0 Å². The second-order valence-corrected chi connectivity index (χ2v) is 12.4. The average molecular weight is 537 g/mol. The number of benzene rings is 3. The van der Waals surface area contributed by atoms with Crippen LogP contribution in [0.3, 0.4) is 0 Å². The van der Waals surface area contributed by atoms with Gasteiger partial charge in [0.2, 0.25) is 0 Å². The van der Waals surface area contributed by atoms with Crippen molar-refractivity contribution in [3.8, 4) is 0 Å². The molecule has 3 aliphatic rings. The molecule has 0 aliphatic heterocycles. The minimum atomic E-state index is -0.755. The first kappa shape index (κ1) is 27.8. The highest BCUT2D eigenvalue weighted by atomic mass is 16.8. The number of hydrogen-bond acceptors (Lipinski definition) is 3. The van der Waals surface area contributed by atoms with Crippen molar-refractivity contribution in [1.82, 2.24) is 0 Å². The van der Waals surface area contributed by atoms with E-state index in [0.29, 0.717) is 0 Å². The van der Waals surface area contributed by atoms with Crippen molar-refractivity contribution in [2.45, 2.75) is 113 Å². The predicted octanol–water partition coefficient (Wildman–Crippen LogP) is 9.60. The SMILES string of the molecule is c1ccc(C2(OB(OC3(c4ccccc4)CCCCC3)OC3(c4ccccc4)CCCCC3)CCCCC2)cc1. The van der Waals surface area contributed by atoms with Crippen molar-refractivity contribution in [2.75, 3.05) is 0 Å². The molecule has 0 N–H and O–H groups in total. The number of rotatable bonds is 9. The molecule has 0 atom stereocenters. The molecule has 3 aromatic carbocycles. The minimum Gasteiger partial charge on any atom is -0.376 e. The summed E-state index contributed by atoms with van der Waals surface area (Å²) in [6.07, 6.45) is 16.7. The lowest BCUT2D eigenvalue weighted by Crippen LogP contribution is -2.50. The molecule has 3 saturated carbocycles. The summed E-state index contributed by atoms with van der Waals surface area (Å²) in [5, 5.41) is 0. The van der Waals surface area contributed by atoms with E-state index in [9.17, 15) is 0 Å². The third-order valence-electron chi connectivity index (χ3n) is 9.85. The smallest absolute Gasteiger partial charge is 0.376 e. The van der Waals surface area contributed by atoms with Crippen LogP contribution < -0.4 is 0 Å². The van der Waals surface area contributed by atoms with E-state index in [2.05, 4.69) is 91.0 Å². The Morgan fingerprint density at radius 3 is 0.850 bits per heavy atom. The Balaban J connectivity index is 1.41. The zero-order valence-electron chi connectivity index (χ0n) is 24.1. The summed E-state index contributed by atoms with van der Waals surface area (Å²) in [4.78, 5) is 0. The molecule has 0 radical (unpaired) electrons. The summed E-state index contributed by atoms with van der Waals surface area (Å²) in [6.45, 7) is 0. The summed E-state index contributed by atoms with van der Waals surface area (Å²) >= 11 is 0. The molecule has 3 fully saturated rings. The quantitative estimate of drug-likeness (QED) is 0.255. The molecule has 0 unspecified atom stereocenters. The molecule has 0 spiro atoms. The van der Waals surface area contributed by atoms with Crippen molar-refractivity contribution in [1.29, 1.82) is 0 Å². The molecule has 3 aromatic rings. The van der Waals surface area contributed by atoms with Gasteiger partial charge in [-0.2, -0.15) is 0 Å². The topological polar surface area (TPSA) is 27.7 Å². The molecule has 40 heavy (non-hydrogen) atoms. The molecule has 0 amide bonds. The lowest BCUT2D eigenvalue weighted by molar-refractivity contribution is -0.122. The second kappa shape index (κ2) is 12.6. The van der Waals surface area contributed by atoms with Crippen molar-refractivity contribution >= 4 is 7.32 Å². The van der Waals surface area contributed by atoms with Crippen LogP contribution >= 0.6 is 0 Å². The molecule has 0 heterocycles. The molecule has 0 saturated heterocycles. The molecule has 3 aliphatic carbocycles. The molecule has 0 aromatic heterocycles. The third kappa shape index (κ3) is 5.96. The Morgan fingerprint density at radius 1 is 0.350 bits per heavy atom. The van der Waals surface area contributed by atoms with Crippen LogP contribution in [0.1, 0.15) is 113 Å². The maximum atomic E-state index is 7.32. The van der Waals surface area contributed by atoms with Gasteiger partial charge in [-0.25, -0.2) is 0 Å². The first-order valence-corrected chi connectivity index (χ1v) is 15.9. The average Bonchev–Trinajstić information content (AvgIpc) is 3.04. The second-order valence-electron chi connectivity index (χ2n) is 12.4. The fourth-order valence-electron chi connectivity index (χ4n) is 7.64. The molecule has 0 bridgehead atoms. The van der Waals surface area contributed by atoms with Gasteiger partial charge in [-0.15, -0.1) is 0 Å². The fourth-order valence-corrected chi connectivity index (χ4v) is 7.64. The number of hydrogen-bond donors (Lipinski definition) is 0. The van der Waals surface area contributed by atoms with Gasteiger partial charge in [-0.1, -0.05) is 149 Å². The van der Waals surface area contributed by atoms with Crippen LogP contribution in [0, 0.1) is 0 Å². The highest BCUT2D eigenvalue weighted by molar-refractivity contribution is 6.37. The van der Waals surface area contributed by atoms with E-state index in [1.165, 1.54) is 36.0 Å². The van der Waals surface area contributed by atoms with Gasteiger partial charge in [0.1, 0.15) is 0 Å². The maximum absolute atomic E-state index is 7.32. The molecule has 4 heteroatoms. The summed E-state index contributed by atoms with van der Waals surface area (Å²) in [7, 11) is -0.755. The molecular weight excluding hydrogens is 491 g/mol. The highest BCUT2D eigenvalue weighted by Gasteiger charge is 2.50.